The van der Waals surface area contributed by atoms with Crippen molar-refractivity contribution in [1.82, 2.24) is 31.1 Å². The van der Waals surface area contributed by atoms with Gasteiger partial charge in [-0.05, 0) is 18.1 Å². The average Bonchev–Trinajstić information content (AvgIpc) is 2.89. The second-order valence-corrected chi connectivity index (χ2v) is 7.96. The SMILES string of the molecule is Cc1cc(CN2CCNCCNCC2)c([O-])c(CN2CCNCCNCC2)c1. The molecule has 0 radical (unpaired) electrons. The minimum atomic E-state index is 0.229. The van der Waals surface area contributed by atoms with E-state index in [0.717, 1.165) is 103 Å². The van der Waals surface area contributed by atoms with Gasteiger partial charge in [0.25, 0.3) is 0 Å². The number of nitrogens with one attached hydrogen (secondary N) is 4. The molecule has 1 aromatic rings. The van der Waals surface area contributed by atoms with Crippen LogP contribution >= 0.6 is 0 Å². The Bertz CT molecular complexity index is 529. The number of hydrogen-bond donors (Lipinski definition) is 4. The minimum Gasteiger partial charge on any atom is -0.872 e. The lowest BCUT2D eigenvalue weighted by atomic mass is 10.0. The van der Waals surface area contributed by atoms with Gasteiger partial charge in [0.2, 0.25) is 0 Å². The summed E-state index contributed by atoms with van der Waals surface area (Å²) in [7, 11) is 0. The molecule has 158 valence electrons. The molecule has 1 aromatic carbocycles. The highest BCUT2D eigenvalue weighted by atomic mass is 16.3. The van der Waals surface area contributed by atoms with Crippen molar-refractivity contribution >= 4 is 0 Å². The van der Waals surface area contributed by atoms with Gasteiger partial charge in [0.05, 0.1) is 0 Å². The van der Waals surface area contributed by atoms with Crippen molar-refractivity contribution in [1.29, 1.82) is 0 Å². The van der Waals surface area contributed by atoms with E-state index in [9.17, 15) is 5.11 Å². The Morgan fingerprint density at radius 1 is 0.679 bits per heavy atom. The molecule has 7 heteroatoms. The Morgan fingerprint density at radius 3 is 1.39 bits per heavy atom. The molecule has 28 heavy (non-hydrogen) atoms. The van der Waals surface area contributed by atoms with E-state index in [2.05, 4.69) is 50.1 Å². The summed E-state index contributed by atoms with van der Waals surface area (Å²) in [5.74, 6) is 0.229. The summed E-state index contributed by atoms with van der Waals surface area (Å²) in [4.78, 5) is 4.78. The second-order valence-electron chi connectivity index (χ2n) is 7.96. The van der Waals surface area contributed by atoms with Crippen molar-refractivity contribution in [2.75, 3.05) is 78.5 Å². The molecule has 0 atom stereocenters. The fourth-order valence-corrected chi connectivity index (χ4v) is 3.99. The normalized spacial score (nSPS) is 21.8. The van der Waals surface area contributed by atoms with Gasteiger partial charge in [0.15, 0.2) is 0 Å². The fraction of sp³-hybridized carbons (Fsp3) is 0.714. The monoisotopic (exact) mass is 389 g/mol. The lowest BCUT2D eigenvalue weighted by Crippen LogP contribution is -2.35. The third-order valence-corrected chi connectivity index (χ3v) is 5.55. The van der Waals surface area contributed by atoms with E-state index in [4.69, 9.17) is 0 Å². The summed E-state index contributed by atoms with van der Waals surface area (Å²) >= 11 is 0. The van der Waals surface area contributed by atoms with E-state index >= 15 is 0 Å². The summed E-state index contributed by atoms with van der Waals surface area (Å²) < 4.78 is 0. The zero-order chi connectivity index (χ0) is 19.6. The first-order chi connectivity index (χ1) is 13.7. The van der Waals surface area contributed by atoms with Crippen molar-refractivity contribution in [2.45, 2.75) is 20.0 Å². The Morgan fingerprint density at radius 2 is 1.04 bits per heavy atom. The molecule has 4 N–H and O–H groups in total. The maximum atomic E-state index is 13.2. The van der Waals surface area contributed by atoms with Crippen LogP contribution in [-0.2, 0) is 13.1 Å². The van der Waals surface area contributed by atoms with Gasteiger partial charge in [-0.15, -0.1) is 0 Å². The quantitative estimate of drug-likeness (QED) is 0.529. The zero-order valence-corrected chi connectivity index (χ0v) is 17.4. The maximum Gasteiger partial charge on any atom is 0.0228 e. The fourth-order valence-electron chi connectivity index (χ4n) is 3.99. The van der Waals surface area contributed by atoms with Crippen LogP contribution in [0, 0.1) is 6.92 Å². The van der Waals surface area contributed by atoms with Crippen LogP contribution in [0.15, 0.2) is 12.1 Å². The molecule has 3 rings (SSSR count). The van der Waals surface area contributed by atoms with E-state index in [1.807, 2.05) is 0 Å². The first-order valence-corrected chi connectivity index (χ1v) is 10.8. The topological polar surface area (TPSA) is 77.7 Å². The standard InChI is InChI=1S/C21H38N6O/c1-18-14-19(16-26-10-6-22-2-3-23-7-11-26)21(28)20(15-18)17-27-12-8-24-4-5-25-9-13-27/h14-15,22-25,28H,2-13,16-17H2,1H3/p-1. The molecule has 2 heterocycles. The largest absolute Gasteiger partial charge is 0.872 e. The predicted octanol–water partition coefficient (Wildman–Crippen LogP) is -0.942. The highest BCUT2D eigenvalue weighted by molar-refractivity contribution is 5.42. The summed E-state index contributed by atoms with van der Waals surface area (Å²) in [5, 5.41) is 27.0. The molecule has 7 nitrogen and oxygen atoms in total. The Balaban J connectivity index is 1.67. The van der Waals surface area contributed by atoms with Gasteiger partial charge in [-0.2, -0.15) is 0 Å². The third-order valence-electron chi connectivity index (χ3n) is 5.55. The van der Waals surface area contributed by atoms with Crippen LogP contribution in [0.25, 0.3) is 0 Å². The molecular weight excluding hydrogens is 352 g/mol. The molecular formula is C21H37N6O-. The number of benzene rings is 1. The maximum absolute atomic E-state index is 13.2. The second kappa shape index (κ2) is 11.7. The van der Waals surface area contributed by atoms with Crippen LogP contribution in [0.5, 0.6) is 5.75 Å². The predicted molar refractivity (Wildman–Crippen MR) is 113 cm³/mol. The van der Waals surface area contributed by atoms with E-state index in [1.54, 1.807) is 0 Å². The molecule has 0 bridgehead atoms. The van der Waals surface area contributed by atoms with Gasteiger partial charge in [0.1, 0.15) is 0 Å². The van der Waals surface area contributed by atoms with Crippen molar-refractivity contribution in [3.8, 4) is 5.75 Å². The van der Waals surface area contributed by atoms with Crippen LogP contribution in [0.2, 0.25) is 0 Å². The number of rotatable bonds is 4. The van der Waals surface area contributed by atoms with Crippen LogP contribution in [0.4, 0.5) is 0 Å². The molecule has 2 fully saturated rings. The minimum absolute atomic E-state index is 0.229. The molecule has 0 aromatic heterocycles. The van der Waals surface area contributed by atoms with Crippen LogP contribution in [0.3, 0.4) is 0 Å². The molecule has 2 saturated heterocycles. The molecule has 0 amide bonds. The van der Waals surface area contributed by atoms with Crippen molar-refractivity contribution in [2.24, 2.45) is 0 Å². The number of nitrogens with zero attached hydrogens (tertiary/aromatic N) is 2. The van der Waals surface area contributed by atoms with Gasteiger partial charge >= 0.3 is 0 Å². The lowest BCUT2D eigenvalue weighted by Gasteiger charge is -2.29. The van der Waals surface area contributed by atoms with E-state index in [1.165, 1.54) is 5.56 Å². The summed E-state index contributed by atoms with van der Waals surface area (Å²) in [6.07, 6.45) is 0. The first-order valence-electron chi connectivity index (χ1n) is 10.8. The van der Waals surface area contributed by atoms with Crippen molar-refractivity contribution in [3.63, 3.8) is 0 Å². The number of hydrogen-bond acceptors (Lipinski definition) is 7. The zero-order valence-electron chi connectivity index (χ0n) is 17.4. The summed E-state index contributed by atoms with van der Waals surface area (Å²) in [5.41, 5.74) is 3.06. The van der Waals surface area contributed by atoms with Gasteiger partial charge in [-0.3, -0.25) is 9.80 Å². The first kappa shape index (κ1) is 21.5. The van der Waals surface area contributed by atoms with Gasteiger partial charge < -0.3 is 26.4 Å². The Kier molecular flexibility index (Phi) is 8.98. The van der Waals surface area contributed by atoms with E-state index < -0.39 is 0 Å². The van der Waals surface area contributed by atoms with Crippen LogP contribution < -0.4 is 26.4 Å². The highest BCUT2D eigenvalue weighted by Crippen LogP contribution is 2.25. The third kappa shape index (κ3) is 6.99. The molecule has 0 saturated carbocycles. The van der Waals surface area contributed by atoms with Gasteiger partial charge in [-0.1, -0.05) is 23.4 Å². The lowest BCUT2D eigenvalue weighted by molar-refractivity contribution is -0.271. The average molecular weight is 390 g/mol. The molecule has 0 unspecified atom stereocenters. The van der Waals surface area contributed by atoms with Crippen LogP contribution in [-0.4, -0.2) is 88.3 Å². The summed E-state index contributed by atoms with van der Waals surface area (Å²) in [6.45, 7) is 15.4. The molecule has 2 aliphatic heterocycles. The Labute approximate surface area is 169 Å². The molecule has 0 aliphatic carbocycles. The van der Waals surface area contributed by atoms with Crippen molar-refractivity contribution in [3.05, 3.63) is 28.8 Å². The van der Waals surface area contributed by atoms with E-state index in [-0.39, 0.29) is 5.75 Å². The summed E-state index contributed by atoms with van der Waals surface area (Å²) in [6, 6.07) is 4.17. The van der Waals surface area contributed by atoms with Crippen LogP contribution in [0.1, 0.15) is 16.7 Å². The smallest absolute Gasteiger partial charge is 0.0228 e. The van der Waals surface area contributed by atoms with Gasteiger partial charge in [0, 0.05) is 91.6 Å². The van der Waals surface area contributed by atoms with Crippen molar-refractivity contribution < 1.29 is 5.11 Å². The highest BCUT2D eigenvalue weighted by Gasteiger charge is 2.13. The van der Waals surface area contributed by atoms with Gasteiger partial charge in [-0.25, -0.2) is 0 Å². The molecule has 0 spiro atoms. The van der Waals surface area contributed by atoms with E-state index in [0.29, 0.717) is 0 Å². The molecule has 2 aliphatic rings. The number of aryl methyl sites for hydroxylation is 1. The Hall–Kier alpha value is -1.22.